The second-order valence-corrected chi connectivity index (χ2v) is 15.5. The quantitative estimate of drug-likeness (QED) is 0.0870. The number of likely N-dealkylation sites (tertiary alicyclic amines) is 1. The van der Waals surface area contributed by atoms with Crippen LogP contribution < -0.4 is 16.8 Å². The summed E-state index contributed by atoms with van der Waals surface area (Å²) in [5.41, 5.74) is 16.8. The molecule has 8 heteroatoms. The first-order chi connectivity index (χ1) is 24.4. The van der Waals surface area contributed by atoms with Gasteiger partial charge in [0.25, 0.3) is 0 Å². The first kappa shape index (κ1) is 36.3. The summed E-state index contributed by atoms with van der Waals surface area (Å²) < 4.78 is 6.43. The van der Waals surface area contributed by atoms with E-state index in [0.717, 1.165) is 75.2 Å². The predicted molar refractivity (Wildman–Crippen MR) is 203 cm³/mol. The van der Waals surface area contributed by atoms with Gasteiger partial charge in [-0.15, -0.1) is 6.42 Å². The van der Waals surface area contributed by atoms with Crippen molar-refractivity contribution < 1.29 is 14.3 Å². The van der Waals surface area contributed by atoms with Gasteiger partial charge in [0.1, 0.15) is 6.10 Å². The van der Waals surface area contributed by atoms with Crippen LogP contribution in [-0.4, -0.2) is 66.0 Å². The molecule has 3 atom stereocenters. The van der Waals surface area contributed by atoms with Crippen molar-refractivity contribution in [3.63, 3.8) is 0 Å². The number of nitrogens with one attached hydrogen (secondary N) is 1. The summed E-state index contributed by atoms with van der Waals surface area (Å²) in [7, 11) is 0. The highest BCUT2D eigenvalue weighted by Crippen LogP contribution is 2.34. The number of carbonyl (C=O) groups excluding carboxylic acids is 2. The number of fused-ring (bicyclic) bond motifs is 1. The van der Waals surface area contributed by atoms with Gasteiger partial charge >= 0.3 is 6.03 Å². The zero-order chi connectivity index (χ0) is 34.9. The van der Waals surface area contributed by atoms with E-state index in [1.54, 1.807) is 0 Å². The number of hydrogen-bond acceptors (Lipinski definition) is 6. The Balaban J connectivity index is 0.981. The molecule has 5 N–H and O–H groups in total. The summed E-state index contributed by atoms with van der Waals surface area (Å²) in [4.78, 5) is 31.6. The lowest BCUT2D eigenvalue weighted by molar-refractivity contribution is -0.131. The van der Waals surface area contributed by atoms with Crippen LogP contribution in [0.2, 0.25) is 0 Å². The largest absolute Gasteiger partial charge is 0.397 e. The molecule has 6 rings (SSSR count). The number of Topliss-reactive ketones (excluding diaryl/α,β-unsaturated/α-hetero) is 1. The molecule has 2 aromatic carbocycles. The van der Waals surface area contributed by atoms with E-state index < -0.39 is 6.10 Å². The van der Waals surface area contributed by atoms with Crippen LogP contribution in [0.25, 0.3) is 0 Å². The second kappa shape index (κ2) is 17.6. The molecule has 0 radical (unpaired) electrons. The van der Waals surface area contributed by atoms with Crippen LogP contribution in [0.1, 0.15) is 113 Å². The topological polar surface area (TPSA) is 114 Å². The van der Waals surface area contributed by atoms with Gasteiger partial charge in [-0.3, -0.25) is 4.79 Å². The number of ketones is 1. The Morgan fingerprint density at radius 3 is 2.44 bits per heavy atom. The molecular weight excluding hydrogens is 622 g/mol. The third kappa shape index (κ3) is 9.41. The number of para-hydroxylation sites is 1. The van der Waals surface area contributed by atoms with Crippen molar-refractivity contribution in [2.75, 3.05) is 43.0 Å². The normalized spacial score (nSPS) is 25.2. The molecule has 2 unspecified atom stereocenters. The summed E-state index contributed by atoms with van der Waals surface area (Å²) in [6.45, 7) is 3.84. The first-order valence-electron chi connectivity index (χ1n) is 19.6. The van der Waals surface area contributed by atoms with E-state index in [2.05, 4.69) is 27.1 Å². The van der Waals surface area contributed by atoms with Gasteiger partial charge in [0, 0.05) is 49.3 Å². The molecule has 270 valence electrons. The van der Waals surface area contributed by atoms with Gasteiger partial charge < -0.3 is 31.3 Å². The van der Waals surface area contributed by atoms with Crippen LogP contribution in [0, 0.1) is 24.2 Å². The summed E-state index contributed by atoms with van der Waals surface area (Å²) in [5, 5.41) is 3.13. The molecule has 2 amide bonds. The summed E-state index contributed by atoms with van der Waals surface area (Å²) >= 11 is 0. The number of hydrogen-bond donors (Lipinski definition) is 3. The minimum atomic E-state index is -0.520. The van der Waals surface area contributed by atoms with Gasteiger partial charge in [-0.1, -0.05) is 37.0 Å². The molecule has 2 heterocycles. The fourth-order valence-electron chi connectivity index (χ4n) is 9.16. The number of carbonyl (C=O) groups is 2. The maximum atomic E-state index is 13.8. The summed E-state index contributed by atoms with van der Waals surface area (Å²) in [6, 6.07) is 12.9. The fourth-order valence-corrected chi connectivity index (χ4v) is 9.16. The number of amides is 2. The molecule has 2 saturated carbocycles. The monoisotopic (exact) mass is 681 g/mol. The minimum absolute atomic E-state index is 0.0325. The molecule has 50 heavy (non-hydrogen) atoms. The Bertz CT molecular complexity index is 1490. The Morgan fingerprint density at radius 1 is 0.920 bits per heavy atom. The number of terminal acetylenes is 1. The maximum absolute atomic E-state index is 13.8. The Hall–Kier alpha value is -3.54. The SMILES string of the molecule is C#Cc1cc(C[C@@H](OCCCC2CCC(N3CCc4ccccc4NC3=O)CC2)C(=O)CCC2CCCC(N3CCCC3)CC2)cc(N)c1N. The van der Waals surface area contributed by atoms with Crippen molar-refractivity contribution >= 4 is 28.9 Å². The zero-order valence-corrected chi connectivity index (χ0v) is 30.1. The van der Waals surface area contributed by atoms with Crippen LogP contribution in [0.3, 0.4) is 0 Å². The van der Waals surface area contributed by atoms with Crippen molar-refractivity contribution in [2.24, 2.45) is 11.8 Å². The molecule has 4 aliphatic rings. The van der Waals surface area contributed by atoms with E-state index in [9.17, 15) is 9.59 Å². The van der Waals surface area contributed by atoms with Crippen molar-refractivity contribution in [3.8, 4) is 12.3 Å². The molecule has 0 spiro atoms. The van der Waals surface area contributed by atoms with Crippen LogP contribution >= 0.6 is 0 Å². The first-order valence-corrected chi connectivity index (χ1v) is 19.6. The number of nitrogens with zero attached hydrogens (tertiary/aromatic N) is 2. The van der Waals surface area contributed by atoms with Crippen molar-refractivity contribution in [3.05, 3.63) is 53.1 Å². The Kier molecular flexibility index (Phi) is 12.8. The number of urea groups is 1. The third-order valence-electron chi connectivity index (χ3n) is 12.2. The highest BCUT2D eigenvalue weighted by Gasteiger charge is 2.31. The van der Waals surface area contributed by atoms with Gasteiger partial charge in [-0.05, 0) is 138 Å². The molecule has 2 aliphatic heterocycles. The van der Waals surface area contributed by atoms with Gasteiger partial charge in [0.05, 0.1) is 11.4 Å². The highest BCUT2D eigenvalue weighted by molar-refractivity contribution is 5.91. The number of nitrogens with two attached hydrogens (primary N) is 2. The highest BCUT2D eigenvalue weighted by atomic mass is 16.5. The number of rotatable bonds is 13. The van der Waals surface area contributed by atoms with Crippen LogP contribution in [0.15, 0.2) is 36.4 Å². The van der Waals surface area contributed by atoms with Gasteiger partial charge in [-0.2, -0.15) is 0 Å². The predicted octanol–water partition coefficient (Wildman–Crippen LogP) is 7.58. The lowest BCUT2D eigenvalue weighted by atomic mass is 9.83. The van der Waals surface area contributed by atoms with Crippen molar-refractivity contribution in [1.29, 1.82) is 0 Å². The van der Waals surface area contributed by atoms with E-state index in [1.807, 2.05) is 30.3 Å². The molecule has 2 aliphatic carbocycles. The lowest BCUT2D eigenvalue weighted by Gasteiger charge is -2.36. The maximum Gasteiger partial charge on any atom is 0.322 e. The molecule has 1 saturated heterocycles. The smallest absolute Gasteiger partial charge is 0.322 e. The number of anilines is 3. The zero-order valence-electron chi connectivity index (χ0n) is 30.1. The van der Waals surface area contributed by atoms with Gasteiger partial charge in [0.2, 0.25) is 0 Å². The molecule has 2 aromatic rings. The standard InChI is InChI=1S/C42H59N5O3/c1-2-33-27-32(28-37(43)41(33)44)29-40(39(48)21-17-30-9-7-12-35(18-14-30)46-23-5-6-24-46)50-26-8-10-31-15-19-36(20-16-31)47-25-22-34-11-3-4-13-38(34)45-42(47)49/h1,3-4,11,13,27-28,30-31,35-36,40H,5-10,12,14-26,29,43-44H2,(H,45,49)/t30?,31?,35?,36?,40-/m1/s1. The van der Waals surface area contributed by atoms with E-state index in [1.165, 1.54) is 63.6 Å². The molecule has 0 bridgehead atoms. The summed E-state index contributed by atoms with van der Waals surface area (Å²) in [6.07, 6.45) is 23.3. The summed E-state index contributed by atoms with van der Waals surface area (Å²) in [5.74, 6) is 4.05. The average Bonchev–Trinajstić information content (AvgIpc) is 3.49. The molecular formula is C42H59N5O3. The van der Waals surface area contributed by atoms with E-state index in [4.69, 9.17) is 22.6 Å². The van der Waals surface area contributed by atoms with Gasteiger partial charge in [0.15, 0.2) is 5.78 Å². The van der Waals surface area contributed by atoms with Crippen molar-refractivity contribution in [2.45, 2.75) is 127 Å². The molecule has 3 fully saturated rings. The van der Waals surface area contributed by atoms with E-state index in [0.29, 0.717) is 54.3 Å². The van der Waals surface area contributed by atoms with E-state index >= 15 is 0 Å². The van der Waals surface area contributed by atoms with Crippen LogP contribution in [0.4, 0.5) is 21.9 Å². The van der Waals surface area contributed by atoms with Gasteiger partial charge in [-0.25, -0.2) is 4.79 Å². The Labute approximate surface area is 300 Å². The van der Waals surface area contributed by atoms with Crippen LogP contribution in [0.5, 0.6) is 0 Å². The third-order valence-corrected chi connectivity index (χ3v) is 12.2. The minimum Gasteiger partial charge on any atom is -0.397 e. The number of nitrogen functional groups attached to an aromatic ring is 2. The Morgan fingerprint density at radius 2 is 1.66 bits per heavy atom. The lowest BCUT2D eigenvalue weighted by Crippen LogP contribution is -2.44. The van der Waals surface area contributed by atoms with Crippen LogP contribution in [-0.2, 0) is 22.4 Å². The number of ether oxygens (including phenoxy) is 1. The number of benzene rings is 2. The van der Waals surface area contributed by atoms with Crippen molar-refractivity contribution in [1.82, 2.24) is 9.80 Å². The second-order valence-electron chi connectivity index (χ2n) is 15.5. The van der Waals surface area contributed by atoms with E-state index in [-0.39, 0.29) is 11.8 Å². The average molecular weight is 682 g/mol. The molecule has 0 aromatic heterocycles. The fraction of sp³-hybridized carbons (Fsp3) is 0.619. The molecule has 8 nitrogen and oxygen atoms in total.